The van der Waals surface area contributed by atoms with Crippen molar-refractivity contribution in [2.75, 3.05) is 30.4 Å². The standard InChI is InChI=1S/C20H23ClN6O.ClH/c1-28-17-6-4-5-16(13-17)27-19(23-15-9-7-14(21)8-10-15)24-18(22)25-20(27)26-11-2-3-12-26;/h4-10,13,19,23H,2-3,11-12H2,1H3,(H2,22,24);1H. The van der Waals surface area contributed by atoms with Crippen molar-refractivity contribution in [3.05, 3.63) is 53.6 Å². The van der Waals surface area contributed by atoms with Gasteiger partial charge in [0.05, 0.1) is 12.8 Å². The lowest BCUT2D eigenvalue weighted by molar-refractivity contribution is 0.414. The van der Waals surface area contributed by atoms with Crippen molar-refractivity contribution in [3.8, 4) is 5.75 Å². The third-order valence-electron chi connectivity index (χ3n) is 4.79. The first-order chi connectivity index (χ1) is 13.6. The molecule has 0 aliphatic carbocycles. The highest BCUT2D eigenvalue weighted by Crippen LogP contribution is 2.28. The molecule has 2 aromatic carbocycles. The summed E-state index contributed by atoms with van der Waals surface area (Å²) < 4.78 is 5.42. The molecule has 7 nitrogen and oxygen atoms in total. The summed E-state index contributed by atoms with van der Waals surface area (Å²) in [5, 5.41) is 4.11. The van der Waals surface area contributed by atoms with Crippen molar-refractivity contribution in [2.24, 2.45) is 15.7 Å². The van der Waals surface area contributed by atoms with Crippen LogP contribution < -0.4 is 20.7 Å². The zero-order chi connectivity index (χ0) is 19.5. The lowest BCUT2D eigenvalue weighted by Crippen LogP contribution is -2.54. The van der Waals surface area contributed by atoms with Gasteiger partial charge in [-0.2, -0.15) is 4.99 Å². The molecule has 3 N–H and O–H groups in total. The Morgan fingerprint density at radius 2 is 1.86 bits per heavy atom. The summed E-state index contributed by atoms with van der Waals surface area (Å²) in [6, 6.07) is 15.4. The second-order valence-electron chi connectivity index (χ2n) is 6.69. The van der Waals surface area contributed by atoms with Crippen molar-refractivity contribution < 1.29 is 4.74 Å². The summed E-state index contributed by atoms with van der Waals surface area (Å²) in [6.45, 7) is 1.89. The van der Waals surface area contributed by atoms with Gasteiger partial charge in [-0.25, -0.2) is 4.99 Å². The second-order valence-corrected chi connectivity index (χ2v) is 7.13. The number of likely N-dealkylation sites (tertiary alicyclic amines) is 1. The topological polar surface area (TPSA) is 78.5 Å². The molecule has 0 amide bonds. The summed E-state index contributed by atoms with van der Waals surface area (Å²) in [4.78, 5) is 13.4. The summed E-state index contributed by atoms with van der Waals surface area (Å²) in [5.41, 5.74) is 7.89. The van der Waals surface area contributed by atoms with Crippen LogP contribution in [0.3, 0.4) is 0 Å². The predicted molar refractivity (Wildman–Crippen MR) is 121 cm³/mol. The average Bonchev–Trinajstić information content (AvgIpc) is 3.24. The summed E-state index contributed by atoms with van der Waals surface area (Å²) in [5.74, 6) is 1.82. The van der Waals surface area contributed by atoms with E-state index in [9.17, 15) is 0 Å². The Hall–Kier alpha value is -2.64. The lowest BCUT2D eigenvalue weighted by Gasteiger charge is -2.38. The molecule has 154 valence electrons. The lowest BCUT2D eigenvalue weighted by atomic mass is 10.2. The highest BCUT2D eigenvalue weighted by molar-refractivity contribution is 6.30. The van der Waals surface area contributed by atoms with Gasteiger partial charge < -0.3 is 20.7 Å². The van der Waals surface area contributed by atoms with Gasteiger partial charge in [0, 0.05) is 29.9 Å². The number of halogens is 2. The van der Waals surface area contributed by atoms with Crippen LogP contribution in [0.25, 0.3) is 0 Å². The molecular weight excluding hydrogens is 411 g/mol. The molecule has 2 aliphatic heterocycles. The van der Waals surface area contributed by atoms with Crippen molar-refractivity contribution in [3.63, 3.8) is 0 Å². The van der Waals surface area contributed by atoms with Crippen LogP contribution in [0.5, 0.6) is 5.75 Å². The quantitative estimate of drug-likeness (QED) is 0.765. The Morgan fingerprint density at radius 1 is 1.14 bits per heavy atom. The van der Waals surface area contributed by atoms with E-state index in [2.05, 4.69) is 25.1 Å². The third-order valence-corrected chi connectivity index (χ3v) is 5.04. The maximum atomic E-state index is 6.08. The molecule has 2 heterocycles. The zero-order valence-corrected chi connectivity index (χ0v) is 17.7. The second kappa shape index (κ2) is 9.24. The van der Waals surface area contributed by atoms with Crippen molar-refractivity contribution in [1.82, 2.24) is 4.90 Å². The zero-order valence-electron chi connectivity index (χ0n) is 16.1. The van der Waals surface area contributed by atoms with Gasteiger partial charge >= 0.3 is 0 Å². The first-order valence-corrected chi connectivity index (χ1v) is 9.64. The molecule has 4 rings (SSSR count). The number of hydrogen-bond donors (Lipinski definition) is 2. The molecule has 9 heteroatoms. The molecule has 0 aromatic heterocycles. The third kappa shape index (κ3) is 4.68. The molecule has 1 fully saturated rings. The van der Waals surface area contributed by atoms with Gasteiger partial charge in [0.15, 0.2) is 0 Å². The molecular formula is C20H24Cl2N6O. The van der Waals surface area contributed by atoms with Crippen LogP contribution in [0, 0.1) is 0 Å². The molecule has 0 spiro atoms. The van der Waals surface area contributed by atoms with E-state index in [4.69, 9.17) is 22.1 Å². The Morgan fingerprint density at radius 3 is 2.55 bits per heavy atom. The molecule has 1 saturated heterocycles. The van der Waals surface area contributed by atoms with Crippen LogP contribution in [-0.2, 0) is 0 Å². The molecule has 1 unspecified atom stereocenters. The number of anilines is 2. The van der Waals surface area contributed by atoms with Crippen LogP contribution in [-0.4, -0.2) is 43.3 Å². The Balaban J connectivity index is 0.00000240. The molecule has 29 heavy (non-hydrogen) atoms. The number of benzene rings is 2. The molecule has 0 radical (unpaired) electrons. The van der Waals surface area contributed by atoms with Crippen molar-refractivity contribution in [1.29, 1.82) is 0 Å². The minimum absolute atomic E-state index is 0. The summed E-state index contributed by atoms with van der Waals surface area (Å²) in [7, 11) is 1.66. The van der Waals surface area contributed by atoms with Crippen LogP contribution in [0.4, 0.5) is 11.4 Å². The van der Waals surface area contributed by atoms with Gasteiger partial charge in [0.2, 0.25) is 18.2 Å². The average molecular weight is 435 g/mol. The first kappa shape index (κ1) is 21.1. The monoisotopic (exact) mass is 434 g/mol. The van der Waals surface area contributed by atoms with Crippen LogP contribution in [0.1, 0.15) is 12.8 Å². The molecule has 2 aliphatic rings. The van der Waals surface area contributed by atoms with Crippen molar-refractivity contribution in [2.45, 2.75) is 19.1 Å². The number of nitrogens with one attached hydrogen (secondary N) is 1. The van der Waals surface area contributed by atoms with E-state index in [-0.39, 0.29) is 18.4 Å². The summed E-state index contributed by atoms with van der Waals surface area (Å²) in [6.07, 6.45) is 1.83. The smallest absolute Gasteiger partial charge is 0.222 e. The molecule has 0 saturated carbocycles. The number of aliphatic imine (C=N–C) groups is 2. The van der Waals surface area contributed by atoms with Crippen LogP contribution >= 0.6 is 24.0 Å². The maximum absolute atomic E-state index is 6.08. The largest absolute Gasteiger partial charge is 0.497 e. The predicted octanol–water partition coefficient (Wildman–Crippen LogP) is 3.75. The van der Waals surface area contributed by atoms with E-state index in [0.717, 1.165) is 49.0 Å². The Bertz CT molecular complexity index is 896. The highest BCUT2D eigenvalue weighted by Gasteiger charge is 2.32. The van der Waals surface area contributed by atoms with Gasteiger partial charge in [-0.05, 0) is 49.2 Å². The highest BCUT2D eigenvalue weighted by atomic mass is 35.5. The Kier molecular flexibility index (Phi) is 6.71. The molecule has 1 atom stereocenters. The fourth-order valence-corrected chi connectivity index (χ4v) is 3.55. The normalized spacial score (nSPS) is 18.6. The van der Waals surface area contributed by atoms with E-state index in [1.54, 1.807) is 7.11 Å². The number of rotatable bonds is 4. The maximum Gasteiger partial charge on any atom is 0.222 e. The molecule has 2 aromatic rings. The number of methoxy groups -OCH3 is 1. The van der Waals surface area contributed by atoms with E-state index in [1.165, 1.54) is 0 Å². The van der Waals surface area contributed by atoms with E-state index >= 15 is 0 Å². The minimum Gasteiger partial charge on any atom is -0.497 e. The Labute approximate surface area is 181 Å². The number of hydrogen-bond acceptors (Lipinski definition) is 7. The van der Waals surface area contributed by atoms with E-state index < -0.39 is 6.29 Å². The fourth-order valence-electron chi connectivity index (χ4n) is 3.43. The van der Waals surface area contributed by atoms with Gasteiger partial charge in [0.1, 0.15) is 5.75 Å². The number of guanidine groups is 2. The number of nitrogens with zero attached hydrogens (tertiary/aromatic N) is 4. The molecule has 0 bridgehead atoms. The van der Waals surface area contributed by atoms with Gasteiger partial charge in [-0.3, -0.25) is 4.90 Å². The fraction of sp³-hybridized carbons (Fsp3) is 0.300. The summed E-state index contributed by atoms with van der Waals surface area (Å²) >= 11 is 6.02. The SMILES string of the molecule is COc1cccc(N2C(N3CCCC3)=NC(N)=NC2Nc2ccc(Cl)cc2)c1.Cl. The number of nitrogens with two attached hydrogens (primary N) is 1. The minimum atomic E-state index is -0.443. The van der Waals surface area contributed by atoms with Crippen LogP contribution in [0.2, 0.25) is 5.02 Å². The van der Waals surface area contributed by atoms with Gasteiger partial charge in [-0.15, -0.1) is 12.4 Å². The van der Waals surface area contributed by atoms with Gasteiger partial charge in [-0.1, -0.05) is 17.7 Å². The van der Waals surface area contributed by atoms with Gasteiger partial charge in [0.25, 0.3) is 0 Å². The van der Waals surface area contributed by atoms with E-state index in [0.29, 0.717) is 5.02 Å². The van der Waals surface area contributed by atoms with Crippen LogP contribution in [0.15, 0.2) is 58.5 Å². The van der Waals surface area contributed by atoms with Crippen molar-refractivity contribution >= 4 is 47.3 Å². The van der Waals surface area contributed by atoms with E-state index in [1.807, 2.05) is 48.5 Å². The first-order valence-electron chi connectivity index (χ1n) is 9.26. The number of ether oxygens (including phenoxy) is 1.